The highest BCUT2D eigenvalue weighted by Gasteiger charge is 2.24. The van der Waals surface area contributed by atoms with Gasteiger partial charge in [0.2, 0.25) is 5.82 Å². The average molecular weight is 436 g/mol. The van der Waals surface area contributed by atoms with E-state index < -0.39 is 11.2 Å². The Morgan fingerprint density at radius 2 is 1.90 bits per heavy atom. The van der Waals surface area contributed by atoms with E-state index in [1.54, 1.807) is 10.6 Å². The van der Waals surface area contributed by atoms with Gasteiger partial charge >= 0.3 is 5.69 Å². The van der Waals surface area contributed by atoms with Crippen LogP contribution in [0.5, 0.6) is 11.5 Å². The summed E-state index contributed by atoms with van der Waals surface area (Å²) in [5.41, 5.74) is 4.78. The maximum atomic E-state index is 12.1. The number of hydrogen-bond donors (Lipinski definition) is 2. The van der Waals surface area contributed by atoms with Crippen molar-refractivity contribution in [2.45, 2.75) is 25.8 Å². The molecule has 4 rings (SSSR count). The largest absolute Gasteiger partial charge is 0.452 e. The highest BCUT2D eigenvalue weighted by Crippen LogP contribution is 2.40. The molecule has 0 saturated carbocycles. The Balaban J connectivity index is 1.77. The molecule has 0 fully saturated rings. The third-order valence-electron chi connectivity index (χ3n) is 4.72. The lowest BCUT2D eigenvalue weighted by Crippen LogP contribution is -2.33. The maximum Gasteiger partial charge on any atom is 0.349 e. The third kappa shape index (κ3) is 3.32. The molecule has 1 atom stereocenters. The van der Waals surface area contributed by atoms with Gasteiger partial charge in [-0.1, -0.05) is 23.2 Å². The number of aromatic amines is 1. The number of benzene rings is 1. The summed E-state index contributed by atoms with van der Waals surface area (Å²) in [7, 11) is 0. The number of fused-ring (bicyclic) bond motifs is 1. The second-order valence-electron chi connectivity index (χ2n) is 6.64. The molecule has 150 valence electrons. The lowest BCUT2D eigenvalue weighted by molar-refractivity contribution is 0.467. The molecule has 0 amide bonds. The molecule has 29 heavy (non-hydrogen) atoms. The van der Waals surface area contributed by atoms with Crippen LogP contribution in [0.1, 0.15) is 25.1 Å². The maximum absolute atomic E-state index is 12.1. The molecule has 3 heterocycles. The van der Waals surface area contributed by atoms with Crippen LogP contribution in [0.4, 0.5) is 5.82 Å². The molecule has 0 saturated heterocycles. The number of nitrogen functional groups attached to an aromatic ring is 1. The normalized spacial score (nSPS) is 15.3. The van der Waals surface area contributed by atoms with Crippen LogP contribution in [-0.2, 0) is 6.42 Å². The van der Waals surface area contributed by atoms with E-state index in [0.717, 1.165) is 16.8 Å². The summed E-state index contributed by atoms with van der Waals surface area (Å²) in [5.74, 6) is 0.272. The predicted octanol–water partition coefficient (Wildman–Crippen LogP) is 2.27. The number of nitrogens with zero attached hydrogens (tertiary/aromatic N) is 3. The number of hydrogen-bond acceptors (Lipinski definition) is 6. The second-order valence-corrected chi connectivity index (χ2v) is 7.45. The summed E-state index contributed by atoms with van der Waals surface area (Å²) in [6, 6.07) is 5.92. The Kier molecular flexibility index (Phi) is 4.71. The van der Waals surface area contributed by atoms with E-state index in [-0.39, 0.29) is 38.9 Å². The van der Waals surface area contributed by atoms with Crippen molar-refractivity contribution >= 4 is 29.0 Å². The van der Waals surface area contributed by atoms with Gasteiger partial charge in [-0.15, -0.1) is 5.10 Å². The van der Waals surface area contributed by atoms with Crippen LogP contribution in [0, 0.1) is 0 Å². The van der Waals surface area contributed by atoms with Crippen molar-refractivity contribution in [2.24, 2.45) is 0 Å². The van der Waals surface area contributed by atoms with Gasteiger partial charge in [0, 0.05) is 12.1 Å². The van der Waals surface area contributed by atoms with Gasteiger partial charge in [0.15, 0.2) is 5.75 Å². The first-order valence-corrected chi connectivity index (χ1v) is 9.42. The van der Waals surface area contributed by atoms with E-state index in [1.807, 2.05) is 6.92 Å². The third-order valence-corrected chi connectivity index (χ3v) is 5.28. The number of H-pyrrole nitrogens is 1. The fourth-order valence-electron chi connectivity index (χ4n) is 3.33. The number of nitrogens with one attached hydrogen (secondary N) is 1. The molecule has 3 aromatic rings. The standard InChI is InChI=1S/C18H15Cl2N5O4/c1-8-2-3-12-13(4-5-14(26)24(8)12)29-15-10(19)6-9(7-11(15)20)25-18(28)22-17(27)16(21)23-25/h4-8H,2-3H2,1H3,(H2,21,23)(H,22,27,28)/t8-/m0/s1. The minimum Gasteiger partial charge on any atom is -0.452 e. The van der Waals surface area contributed by atoms with Gasteiger partial charge in [0.25, 0.3) is 11.1 Å². The molecule has 9 nitrogen and oxygen atoms in total. The van der Waals surface area contributed by atoms with Gasteiger partial charge in [-0.25, -0.2) is 4.79 Å². The molecule has 0 aliphatic carbocycles. The van der Waals surface area contributed by atoms with Crippen molar-refractivity contribution in [3.8, 4) is 17.2 Å². The van der Waals surface area contributed by atoms with Crippen LogP contribution < -0.4 is 27.3 Å². The monoisotopic (exact) mass is 435 g/mol. The molecule has 0 bridgehead atoms. The van der Waals surface area contributed by atoms with Crippen molar-refractivity contribution in [1.29, 1.82) is 0 Å². The Bertz CT molecular complexity index is 1290. The first kappa shape index (κ1) is 19.3. The summed E-state index contributed by atoms with van der Waals surface area (Å²) >= 11 is 12.7. The number of halogens is 2. The summed E-state index contributed by atoms with van der Waals surface area (Å²) in [6.45, 7) is 1.97. The molecule has 11 heteroatoms. The summed E-state index contributed by atoms with van der Waals surface area (Å²) < 4.78 is 8.50. The second kappa shape index (κ2) is 7.09. The number of ether oxygens (including phenoxy) is 1. The zero-order chi connectivity index (χ0) is 20.9. The van der Waals surface area contributed by atoms with E-state index >= 15 is 0 Å². The van der Waals surface area contributed by atoms with E-state index in [1.165, 1.54) is 18.2 Å². The van der Waals surface area contributed by atoms with E-state index in [0.29, 0.717) is 12.2 Å². The fourth-order valence-corrected chi connectivity index (χ4v) is 3.89. The quantitative estimate of drug-likeness (QED) is 0.649. The van der Waals surface area contributed by atoms with Crippen LogP contribution in [0.25, 0.3) is 5.69 Å². The van der Waals surface area contributed by atoms with Crippen LogP contribution in [0.2, 0.25) is 10.0 Å². The molecule has 1 aromatic carbocycles. The average Bonchev–Trinajstić information content (AvgIpc) is 3.05. The highest BCUT2D eigenvalue weighted by atomic mass is 35.5. The lowest BCUT2D eigenvalue weighted by Gasteiger charge is -2.15. The Morgan fingerprint density at radius 1 is 1.21 bits per heavy atom. The fraction of sp³-hybridized carbons (Fsp3) is 0.222. The molecular weight excluding hydrogens is 421 g/mol. The minimum absolute atomic E-state index is 0.0815. The van der Waals surface area contributed by atoms with Crippen molar-refractivity contribution in [3.63, 3.8) is 0 Å². The first-order valence-electron chi connectivity index (χ1n) is 8.67. The summed E-state index contributed by atoms with van der Waals surface area (Å²) in [6.07, 6.45) is 1.52. The number of nitrogens with two attached hydrogens (primary N) is 1. The topological polar surface area (TPSA) is 125 Å². The minimum atomic E-state index is -0.792. The van der Waals surface area contributed by atoms with Crippen LogP contribution in [0.3, 0.4) is 0 Å². The zero-order valence-corrected chi connectivity index (χ0v) is 16.6. The number of rotatable bonds is 3. The molecule has 0 radical (unpaired) electrons. The van der Waals surface area contributed by atoms with Gasteiger partial charge in [-0.05, 0) is 38.0 Å². The number of pyridine rings is 1. The van der Waals surface area contributed by atoms with Gasteiger partial charge < -0.3 is 15.0 Å². The zero-order valence-electron chi connectivity index (χ0n) is 15.1. The Morgan fingerprint density at radius 3 is 2.59 bits per heavy atom. The van der Waals surface area contributed by atoms with Gasteiger partial charge in [-0.2, -0.15) is 4.68 Å². The van der Waals surface area contributed by atoms with Crippen molar-refractivity contribution < 1.29 is 4.74 Å². The van der Waals surface area contributed by atoms with Gasteiger partial charge in [0.05, 0.1) is 21.4 Å². The molecule has 2 aromatic heterocycles. The van der Waals surface area contributed by atoms with E-state index in [2.05, 4.69) is 10.1 Å². The molecule has 1 aliphatic rings. The summed E-state index contributed by atoms with van der Waals surface area (Å²) in [4.78, 5) is 37.6. The van der Waals surface area contributed by atoms with Crippen LogP contribution in [-0.4, -0.2) is 19.3 Å². The Hall–Kier alpha value is -3.04. The van der Waals surface area contributed by atoms with Crippen molar-refractivity contribution in [1.82, 2.24) is 19.3 Å². The molecule has 0 spiro atoms. The molecule has 0 unspecified atom stereocenters. The SMILES string of the molecule is C[C@H]1CCc2c(Oc3c(Cl)cc(-n4nc(N)c(=O)[nH]c4=O)cc3Cl)ccc(=O)n21. The molecule has 3 N–H and O–H groups in total. The predicted molar refractivity (Wildman–Crippen MR) is 109 cm³/mol. The van der Waals surface area contributed by atoms with E-state index in [9.17, 15) is 14.4 Å². The first-order chi connectivity index (χ1) is 13.8. The number of aromatic nitrogens is 4. The van der Waals surface area contributed by atoms with Gasteiger partial charge in [0.1, 0.15) is 5.75 Å². The number of anilines is 1. The molecular formula is C18H15Cl2N5O4. The van der Waals surface area contributed by atoms with Gasteiger partial charge in [-0.3, -0.25) is 14.6 Å². The van der Waals surface area contributed by atoms with Crippen molar-refractivity contribution in [3.05, 3.63) is 71.2 Å². The van der Waals surface area contributed by atoms with E-state index in [4.69, 9.17) is 33.7 Å². The Labute approximate surface area is 173 Å². The van der Waals surface area contributed by atoms with Crippen molar-refractivity contribution in [2.75, 3.05) is 5.73 Å². The lowest BCUT2D eigenvalue weighted by atomic mass is 10.2. The molecule has 1 aliphatic heterocycles. The summed E-state index contributed by atoms with van der Waals surface area (Å²) in [5, 5.41) is 3.97. The van der Waals surface area contributed by atoms with Crippen LogP contribution in [0.15, 0.2) is 38.6 Å². The highest BCUT2D eigenvalue weighted by molar-refractivity contribution is 6.37. The van der Waals surface area contributed by atoms with Crippen LogP contribution >= 0.6 is 23.2 Å². The smallest absolute Gasteiger partial charge is 0.349 e.